The summed E-state index contributed by atoms with van der Waals surface area (Å²) in [7, 11) is 0. The highest BCUT2D eigenvalue weighted by atomic mass is 16.6. The summed E-state index contributed by atoms with van der Waals surface area (Å²) in [6.45, 7) is 0.971. The number of nitrogens with zero attached hydrogens (tertiary/aromatic N) is 3. The minimum Gasteiger partial charge on any atom is -0.450 e. The number of urea groups is 1. The molecule has 0 saturated carbocycles. The van der Waals surface area contributed by atoms with E-state index in [1.807, 2.05) is 48.5 Å². The number of carbonyl (C=O) groups is 2. The number of hydrogen-bond acceptors (Lipinski definition) is 5. The van der Waals surface area contributed by atoms with E-state index in [1.165, 1.54) is 0 Å². The summed E-state index contributed by atoms with van der Waals surface area (Å²) < 4.78 is 5.77. The Kier molecular flexibility index (Phi) is 4.39. The third-order valence-electron chi connectivity index (χ3n) is 6.50. The molecule has 4 aromatic rings. The number of hydrogen-bond donors (Lipinski definition) is 2. The monoisotopic (exact) mass is 439 g/mol. The van der Waals surface area contributed by atoms with E-state index >= 15 is 0 Å². The summed E-state index contributed by atoms with van der Waals surface area (Å²) in [6, 6.07) is 19.0. The molecule has 0 bridgehead atoms. The summed E-state index contributed by atoms with van der Waals surface area (Å²) in [5.41, 5.74) is 3.51. The van der Waals surface area contributed by atoms with Gasteiger partial charge in [0.2, 0.25) is 0 Å². The van der Waals surface area contributed by atoms with Crippen molar-refractivity contribution in [3.05, 3.63) is 78.0 Å². The molecule has 2 aliphatic heterocycles. The standard InChI is InChI=1S/C25H21N5O3/c31-23-18-6-2-3-7-19(18)25(33-23)9-11-30(12-10-25)24(32)27-22-14-21(28-29-22)17-13-16-5-1-4-8-20(16)26-15-17/h1-8,13-15H,9-12H2,(H2,27,28,29,32). The molecular formula is C25H21N5O3. The van der Waals surface area contributed by atoms with Crippen LogP contribution in [0.15, 0.2) is 66.9 Å². The fraction of sp³-hybridized carbons (Fsp3) is 0.200. The Labute approximate surface area is 189 Å². The van der Waals surface area contributed by atoms with Gasteiger partial charge in [0.05, 0.1) is 16.8 Å². The molecule has 0 aliphatic carbocycles. The van der Waals surface area contributed by atoms with Crippen molar-refractivity contribution in [1.29, 1.82) is 0 Å². The van der Waals surface area contributed by atoms with E-state index in [2.05, 4.69) is 20.5 Å². The van der Waals surface area contributed by atoms with Gasteiger partial charge in [-0.15, -0.1) is 0 Å². The lowest BCUT2D eigenvalue weighted by Gasteiger charge is -2.38. The number of piperidine rings is 1. The molecule has 1 saturated heterocycles. The molecule has 1 fully saturated rings. The van der Waals surface area contributed by atoms with Crippen molar-refractivity contribution in [2.24, 2.45) is 0 Å². The number of aromatic nitrogens is 3. The van der Waals surface area contributed by atoms with E-state index < -0.39 is 5.60 Å². The minimum atomic E-state index is -0.632. The number of anilines is 1. The third kappa shape index (κ3) is 3.31. The molecule has 8 heteroatoms. The average molecular weight is 439 g/mol. The van der Waals surface area contributed by atoms with Crippen LogP contribution in [0.2, 0.25) is 0 Å². The number of esters is 1. The highest BCUT2D eigenvalue weighted by molar-refractivity contribution is 5.95. The molecule has 8 nitrogen and oxygen atoms in total. The van der Waals surface area contributed by atoms with E-state index in [0.717, 1.165) is 27.7 Å². The summed E-state index contributed by atoms with van der Waals surface area (Å²) in [4.78, 5) is 31.3. The molecule has 2 aliphatic rings. The van der Waals surface area contributed by atoms with Gasteiger partial charge in [-0.05, 0) is 18.2 Å². The summed E-state index contributed by atoms with van der Waals surface area (Å²) in [5.74, 6) is 0.164. The molecule has 2 aromatic heterocycles. The lowest BCUT2D eigenvalue weighted by molar-refractivity contribution is -0.0363. The largest absolute Gasteiger partial charge is 0.450 e. The Hall–Kier alpha value is -4.20. The van der Waals surface area contributed by atoms with Crippen molar-refractivity contribution in [2.75, 3.05) is 18.4 Å². The Morgan fingerprint density at radius 2 is 1.85 bits per heavy atom. The van der Waals surface area contributed by atoms with Gasteiger partial charge in [0, 0.05) is 54.7 Å². The second-order valence-corrected chi connectivity index (χ2v) is 8.43. The number of nitrogens with one attached hydrogen (secondary N) is 2. The van der Waals surface area contributed by atoms with Gasteiger partial charge in [0.1, 0.15) is 5.60 Å². The van der Waals surface area contributed by atoms with Gasteiger partial charge in [-0.3, -0.25) is 15.4 Å². The zero-order valence-corrected chi connectivity index (χ0v) is 17.7. The maximum Gasteiger partial charge on any atom is 0.339 e. The first kappa shape index (κ1) is 19.5. The molecule has 0 atom stereocenters. The number of amides is 2. The fourth-order valence-corrected chi connectivity index (χ4v) is 4.73. The van der Waals surface area contributed by atoms with Gasteiger partial charge in [-0.1, -0.05) is 36.4 Å². The molecule has 4 heterocycles. The van der Waals surface area contributed by atoms with Crippen LogP contribution in [0.5, 0.6) is 0 Å². The van der Waals surface area contributed by atoms with Crippen LogP contribution in [0, 0.1) is 0 Å². The first-order chi connectivity index (χ1) is 16.1. The van der Waals surface area contributed by atoms with Crippen molar-refractivity contribution in [3.8, 4) is 11.3 Å². The van der Waals surface area contributed by atoms with Crippen molar-refractivity contribution < 1.29 is 14.3 Å². The SMILES string of the molecule is O=C1OC2(CCN(C(=O)Nc3cc(-c4cnc5ccccc5c4)[nH]n3)CC2)c2ccccc21. The van der Waals surface area contributed by atoms with Gasteiger partial charge in [-0.2, -0.15) is 5.10 Å². The molecule has 2 aromatic carbocycles. The summed E-state index contributed by atoms with van der Waals surface area (Å²) in [5, 5.41) is 11.1. The molecule has 6 rings (SSSR count). The quantitative estimate of drug-likeness (QED) is 0.453. The number of rotatable bonds is 2. The van der Waals surface area contributed by atoms with E-state index in [9.17, 15) is 9.59 Å². The third-order valence-corrected chi connectivity index (χ3v) is 6.50. The molecular weight excluding hydrogens is 418 g/mol. The van der Waals surface area contributed by atoms with Crippen LogP contribution in [0.25, 0.3) is 22.2 Å². The zero-order chi connectivity index (χ0) is 22.4. The second-order valence-electron chi connectivity index (χ2n) is 8.43. The van der Waals surface area contributed by atoms with Crippen molar-refractivity contribution in [3.63, 3.8) is 0 Å². The summed E-state index contributed by atoms with van der Waals surface area (Å²) in [6.07, 6.45) is 2.92. The van der Waals surface area contributed by atoms with Gasteiger partial charge in [-0.25, -0.2) is 9.59 Å². The molecule has 0 unspecified atom stereocenters. The van der Waals surface area contributed by atoms with E-state index in [1.54, 1.807) is 23.2 Å². The molecule has 2 N–H and O–H groups in total. The average Bonchev–Trinajstić information content (AvgIpc) is 3.42. The number of pyridine rings is 1. The predicted molar refractivity (Wildman–Crippen MR) is 123 cm³/mol. The van der Waals surface area contributed by atoms with Gasteiger partial charge < -0.3 is 9.64 Å². The molecule has 0 radical (unpaired) electrons. The minimum absolute atomic E-state index is 0.225. The van der Waals surface area contributed by atoms with Gasteiger partial charge in [0.15, 0.2) is 5.82 Å². The number of ether oxygens (including phenoxy) is 1. The maximum atomic E-state index is 12.8. The van der Waals surface area contributed by atoms with Gasteiger partial charge >= 0.3 is 12.0 Å². The number of fused-ring (bicyclic) bond motifs is 3. The zero-order valence-electron chi connectivity index (χ0n) is 17.7. The van der Waals surface area contributed by atoms with Crippen LogP contribution in [0.4, 0.5) is 10.6 Å². The lowest BCUT2D eigenvalue weighted by Crippen LogP contribution is -2.46. The number of benzene rings is 2. The van der Waals surface area contributed by atoms with Crippen molar-refractivity contribution >= 4 is 28.7 Å². The van der Waals surface area contributed by atoms with E-state index in [4.69, 9.17) is 4.74 Å². The smallest absolute Gasteiger partial charge is 0.339 e. The molecule has 33 heavy (non-hydrogen) atoms. The highest BCUT2D eigenvalue weighted by Crippen LogP contribution is 2.44. The van der Waals surface area contributed by atoms with E-state index in [-0.39, 0.29) is 12.0 Å². The number of para-hydroxylation sites is 1. The van der Waals surface area contributed by atoms with Crippen LogP contribution in [-0.4, -0.2) is 45.2 Å². The van der Waals surface area contributed by atoms with Crippen molar-refractivity contribution in [2.45, 2.75) is 18.4 Å². The van der Waals surface area contributed by atoms with Crippen molar-refractivity contribution in [1.82, 2.24) is 20.1 Å². The summed E-state index contributed by atoms with van der Waals surface area (Å²) >= 11 is 0. The topological polar surface area (TPSA) is 100 Å². The predicted octanol–water partition coefficient (Wildman–Crippen LogP) is 4.32. The number of carbonyl (C=O) groups excluding carboxylic acids is 2. The Balaban J connectivity index is 1.13. The van der Waals surface area contributed by atoms with Crippen LogP contribution in [0.3, 0.4) is 0 Å². The Morgan fingerprint density at radius 1 is 1.06 bits per heavy atom. The number of H-pyrrole nitrogens is 1. The van der Waals surface area contributed by atoms with Crippen LogP contribution in [0.1, 0.15) is 28.8 Å². The molecule has 1 spiro atoms. The molecule has 2 amide bonds. The number of likely N-dealkylation sites (tertiary alicyclic amines) is 1. The Bertz CT molecular complexity index is 1390. The van der Waals surface area contributed by atoms with Crippen LogP contribution < -0.4 is 5.32 Å². The lowest BCUT2D eigenvalue weighted by atomic mass is 9.84. The van der Waals surface area contributed by atoms with Gasteiger partial charge in [0.25, 0.3) is 0 Å². The van der Waals surface area contributed by atoms with Crippen LogP contribution >= 0.6 is 0 Å². The van der Waals surface area contributed by atoms with E-state index in [0.29, 0.717) is 37.3 Å². The second kappa shape index (κ2) is 7.44. The fourth-order valence-electron chi connectivity index (χ4n) is 4.73. The first-order valence-electron chi connectivity index (χ1n) is 10.9. The van der Waals surface area contributed by atoms with Crippen LogP contribution in [-0.2, 0) is 10.3 Å². The first-order valence-corrected chi connectivity index (χ1v) is 10.9. The molecule has 164 valence electrons. The maximum absolute atomic E-state index is 12.8. The number of aromatic amines is 1. The highest BCUT2D eigenvalue weighted by Gasteiger charge is 2.47. The Morgan fingerprint density at radius 3 is 2.73 bits per heavy atom. The normalized spacial score (nSPS) is 16.6.